The van der Waals surface area contributed by atoms with Crippen LogP contribution in [0.4, 0.5) is 0 Å². The van der Waals surface area contributed by atoms with Crippen LogP contribution in [-0.4, -0.2) is 17.7 Å². The van der Waals surface area contributed by atoms with Crippen LogP contribution in [0.15, 0.2) is 16.6 Å². The van der Waals surface area contributed by atoms with Gasteiger partial charge in [-0.05, 0) is 42.5 Å². The van der Waals surface area contributed by atoms with E-state index < -0.39 is 11.4 Å². The fourth-order valence-corrected chi connectivity index (χ4v) is 2.95. The molecule has 1 aliphatic rings. The number of fused-ring (bicyclic) bond motifs is 1. The normalized spacial score (nSPS) is 16.9. The van der Waals surface area contributed by atoms with Crippen LogP contribution in [0.1, 0.15) is 31.9 Å². The summed E-state index contributed by atoms with van der Waals surface area (Å²) in [5, 5.41) is 9.53. The van der Waals surface area contributed by atoms with Crippen molar-refractivity contribution in [3.05, 3.63) is 27.7 Å². The Kier molecular flexibility index (Phi) is 3.90. The second-order valence-electron chi connectivity index (χ2n) is 5.71. The summed E-state index contributed by atoms with van der Waals surface area (Å²) in [6.45, 7) is 6.40. The molecule has 19 heavy (non-hydrogen) atoms. The van der Waals surface area contributed by atoms with E-state index in [-0.39, 0.29) is 5.92 Å². The Hall–Kier alpha value is -1.03. The number of hydrogen-bond donors (Lipinski definition) is 1. The van der Waals surface area contributed by atoms with Gasteiger partial charge in [-0.3, -0.25) is 4.79 Å². The van der Waals surface area contributed by atoms with E-state index in [1.807, 2.05) is 26.8 Å². The molecule has 0 saturated heterocycles. The van der Waals surface area contributed by atoms with Crippen LogP contribution < -0.4 is 4.74 Å². The molecule has 1 atom stereocenters. The molecule has 0 amide bonds. The molecule has 0 aromatic heterocycles. The Bertz CT molecular complexity index is 510. The molecule has 0 fully saturated rings. The molecule has 0 saturated carbocycles. The van der Waals surface area contributed by atoms with Crippen LogP contribution in [-0.2, 0) is 17.6 Å². The predicted octanol–water partition coefficient (Wildman–Crippen LogP) is 3.67. The molecule has 0 spiro atoms. The third-order valence-corrected chi connectivity index (χ3v) is 4.60. The van der Waals surface area contributed by atoms with Gasteiger partial charge in [-0.1, -0.05) is 29.8 Å². The van der Waals surface area contributed by atoms with Crippen molar-refractivity contribution in [3.8, 4) is 5.75 Å². The average molecular weight is 327 g/mol. The maximum atomic E-state index is 11.6. The van der Waals surface area contributed by atoms with Gasteiger partial charge in [0, 0.05) is 10.9 Å². The summed E-state index contributed by atoms with van der Waals surface area (Å²) in [7, 11) is 0. The fraction of sp³-hybridized carbons (Fsp3) is 0.533. The van der Waals surface area contributed by atoms with E-state index in [1.54, 1.807) is 0 Å². The van der Waals surface area contributed by atoms with Gasteiger partial charge < -0.3 is 9.84 Å². The average Bonchev–Trinajstić information content (AvgIpc) is 2.76. The number of carboxylic acid groups (broad SMARTS) is 1. The van der Waals surface area contributed by atoms with E-state index in [2.05, 4.69) is 22.0 Å². The van der Waals surface area contributed by atoms with Crippen molar-refractivity contribution in [2.45, 2.75) is 33.6 Å². The zero-order valence-electron chi connectivity index (χ0n) is 11.5. The van der Waals surface area contributed by atoms with E-state index in [0.717, 1.165) is 22.2 Å². The number of ether oxygens (including phenoxy) is 1. The summed E-state index contributed by atoms with van der Waals surface area (Å²) in [4.78, 5) is 11.6. The summed E-state index contributed by atoms with van der Waals surface area (Å²) in [5.74, 6) is 0.187. The van der Waals surface area contributed by atoms with E-state index in [0.29, 0.717) is 13.0 Å². The highest BCUT2D eigenvalue weighted by Gasteiger charge is 2.38. The molecule has 1 aromatic carbocycles. The molecule has 1 unspecified atom stereocenters. The molecule has 104 valence electrons. The van der Waals surface area contributed by atoms with Crippen molar-refractivity contribution in [2.75, 3.05) is 6.61 Å². The number of rotatable bonds is 4. The van der Waals surface area contributed by atoms with E-state index >= 15 is 0 Å². The third-order valence-electron chi connectivity index (χ3n) is 4.15. The summed E-state index contributed by atoms with van der Waals surface area (Å²) in [5.41, 5.74) is 1.38. The molecule has 3 nitrogen and oxygen atoms in total. The highest BCUT2D eigenvalue weighted by molar-refractivity contribution is 9.10. The first-order valence-electron chi connectivity index (χ1n) is 6.52. The standard InChI is InChI=1S/C15H19BrO3/c1-9(2)15(3,14(17)18)8-11-7-12(16)6-10-4-5-19-13(10)11/h6-7,9H,4-5,8H2,1-3H3,(H,17,18). The zero-order chi connectivity index (χ0) is 14.2. The van der Waals surface area contributed by atoms with Crippen molar-refractivity contribution in [1.29, 1.82) is 0 Å². The summed E-state index contributed by atoms with van der Waals surface area (Å²) in [6, 6.07) is 4.03. The SMILES string of the molecule is CC(C)C(C)(Cc1cc(Br)cc2c1OCC2)C(=O)O. The van der Waals surface area contributed by atoms with Crippen molar-refractivity contribution >= 4 is 21.9 Å². The highest BCUT2D eigenvalue weighted by Crippen LogP contribution is 2.39. The topological polar surface area (TPSA) is 46.5 Å². The molecule has 2 rings (SSSR count). The quantitative estimate of drug-likeness (QED) is 0.918. The van der Waals surface area contributed by atoms with Gasteiger partial charge >= 0.3 is 5.97 Å². The zero-order valence-corrected chi connectivity index (χ0v) is 13.1. The van der Waals surface area contributed by atoms with Crippen molar-refractivity contribution < 1.29 is 14.6 Å². The van der Waals surface area contributed by atoms with Crippen LogP contribution in [0, 0.1) is 11.3 Å². The molecule has 1 N–H and O–H groups in total. The number of halogens is 1. The molecular weight excluding hydrogens is 308 g/mol. The van der Waals surface area contributed by atoms with Crippen LogP contribution >= 0.6 is 15.9 Å². The lowest BCUT2D eigenvalue weighted by atomic mass is 9.74. The third kappa shape index (κ3) is 2.64. The summed E-state index contributed by atoms with van der Waals surface area (Å²) in [6.07, 6.45) is 1.38. The largest absolute Gasteiger partial charge is 0.493 e. The van der Waals surface area contributed by atoms with Gasteiger partial charge in [0.2, 0.25) is 0 Å². The predicted molar refractivity (Wildman–Crippen MR) is 77.6 cm³/mol. The van der Waals surface area contributed by atoms with Crippen LogP contribution in [0.2, 0.25) is 0 Å². The number of aliphatic carboxylic acids is 1. The molecule has 0 bridgehead atoms. The minimum atomic E-state index is -0.777. The first-order valence-corrected chi connectivity index (χ1v) is 7.31. The maximum absolute atomic E-state index is 11.6. The fourth-order valence-electron chi connectivity index (χ4n) is 2.40. The van der Waals surface area contributed by atoms with Gasteiger partial charge in [0.15, 0.2) is 0 Å². The van der Waals surface area contributed by atoms with Gasteiger partial charge in [-0.15, -0.1) is 0 Å². The van der Waals surface area contributed by atoms with Crippen LogP contribution in [0.3, 0.4) is 0 Å². The maximum Gasteiger partial charge on any atom is 0.309 e. The van der Waals surface area contributed by atoms with Crippen molar-refractivity contribution in [2.24, 2.45) is 11.3 Å². The monoisotopic (exact) mass is 326 g/mol. The Balaban J connectivity index is 2.41. The molecule has 1 aromatic rings. The summed E-state index contributed by atoms with van der Waals surface area (Å²) < 4.78 is 6.67. The molecular formula is C15H19BrO3. The van der Waals surface area contributed by atoms with Crippen molar-refractivity contribution in [3.63, 3.8) is 0 Å². The highest BCUT2D eigenvalue weighted by atomic mass is 79.9. The van der Waals surface area contributed by atoms with Gasteiger partial charge in [0.25, 0.3) is 0 Å². The number of carbonyl (C=O) groups is 1. The number of carboxylic acids is 1. The first-order chi connectivity index (χ1) is 8.84. The Morgan fingerprint density at radius 2 is 2.21 bits per heavy atom. The van der Waals surface area contributed by atoms with Crippen LogP contribution in [0.5, 0.6) is 5.75 Å². The Morgan fingerprint density at radius 1 is 1.53 bits per heavy atom. The minimum Gasteiger partial charge on any atom is -0.493 e. The minimum absolute atomic E-state index is 0.0565. The van der Waals surface area contributed by atoms with E-state index in [9.17, 15) is 9.90 Å². The van der Waals surface area contributed by atoms with Gasteiger partial charge in [-0.2, -0.15) is 0 Å². The van der Waals surface area contributed by atoms with Crippen molar-refractivity contribution in [1.82, 2.24) is 0 Å². The van der Waals surface area contributed by atoms with Gasteiger partial charge in [0.05, 0.1) is 12.0 Å². The molecule has 0 radical (unpaired) electrons. The van der Waals surface area contributed by atoms with Gasteiger partial charge in [-0.25, -0.2) is 0 Å². The lowest BCUT2D eigenvalue weighted by molar-refractivity contribution is -0.150. The molecule has 1 heterocycles. The van der Waals surface area contributed by atoms with Crippen LogP contribution in [0.25, 0.3) is 0 Å². The lowest BCUT2D eigenvalue weighted by Crippen LogP contribution is -2.35. The smallest absolute Gasteiger partial charge is 0.309 e. The second kappa shape index (κ2) is 5.16. The summed E-state index contributed by atoms with van der Waals surface area (Å²) >= 11 is 3.49. The van der Waals surface area contributed by atoms with Gasteiger partial charge in [0.1, 0.15) is 5.75 Å². The van der Waals surface area contributed by atoms with E-state index in [1.165, 1.54) is 5.56 Å². The number of hydrogen-bond acceptors (Lipinski definition) is 2. The van der Waals surface area contributed by atoms with E-state index in [4.69, 9.17) is 4.74 Å². The lowest BCUT2D eigenvalue weighted by Gasteiger charge is -2.29. The molecule has 0 aliphatic carbocycles. The molecule has 4 heteroatoms. The number of benzene rings is 1. The second-order valence-corrected chi connectivity index (χ2v) is 6.62. The Morgan fingerprint density at radius 3 is 2.79 bits per heavy atom. The first kappa shape index (κ1) is 14.4. The molecule has 1 aliphatic heterocycles. The Labute approximate surface area is 122 Å².